The van der Waals surface area contributed by atoms with Gasteiger partial charge in [-0.2, -0.15) is 5.26 Å². The summed E-state index contributed by atoms with van der Waals surface area (Å²) in [5.41, 5.74) is 7.89. The summed E-state index contributed by atoms with van der Waals surface area (Å²) in [5, 5.41) is 14.8. The number of halogens is 1. The standard InChI is InChI=1S/C16H14ClN5O/c1-10-2-4-13(9-20-10)21-8-11(7-18)16(23)22-15-5-3-12(19)6-14(15)17/h2-6,8-9,21H,19H2,1H3,(H,22,23)/b11-8-. The molecule has 2 aromatic rings. The van der Waals surface area contributed by atoms with Crippen LogP contribution in [0.3, 0.4) is 0 Å². The number of nitriles is 1. The number of benzene rings is 1. The normalized spacial score (nSPS) is 10.7. The van der Waals surface area contributed by atoms with Crippen LogP contribution in [0, 0.1) is 18.3 Å². The van der Waals surface area contributed by atoms with E-state index in [-0.39, 0.29) is 5.57 Å². The third-order valence-corrected chi connectivity index (χ3v) is 3.21. The molecule has 0 unspecified atom stereocenters. The summed E-state index contributed by atoms with van der Waals surface area (Å²) in [6, 6.07) is 10.1. The monoisotopic (exact) mass is 327 g/mol. The van der Waals surface area contributed by atoms with Crippen LogP contribution in [0.2, 0.25) is 5.02 Å². The molecule has 0 bridgehead atoms. The lowest BCUT2D eigenvalue weighted by molar-refractivity contribution is -0.112. The van der Waals surface area contributed by atoms with Crippen molar-refractivity contribution in [2.24, 2.45) is 0 Å². The van der Waals surface area contributed by atoms with E-state index < -0.39 is 5.91 Å². The Morgan fingerprint density at radius 3 is 2.78 bits per heavy atom. The van der Waals surface area contributed by atoms with Crippen LogP contribution in [0.5, 0.6) is 0 Å². The Bertz CT molecular complexity index is 793. The van der Waals surface area contributed by atoms with Gasteiger partial charge in [-0.1, -0.05) is 11.6 Å². The van der Waals surface area contributed by atoms with Gasteiger partial charge in [0.2, 0.25) is 0 Å². The SMILES string of the molecule is Cc1ccc(N/C=C(/C#N)C(=O)Nc2ccc(N)cc2Cl)cn1. The second kappa shape index (κ2) is 7.29. The third-order valence-electron chi connectivity index (χ3n) is 2.90. The predicted molar refractivity (Wildman–Crippen MR) is 90.8 cm³/mol. The van der Waals surface area contributed by atoms with E-state index in [1.54, 1.807) is 24.4 Å². The Morgan fingerprint density at radius 2 is 2.17 bits per heavy atom. The fourth-order valence-electron chi connectivity index (χ4n) is 1.68. The molecule has 0 aliphatic carbocycles. The number of nitrogens with one attached hydrogen (secondary N) is 2. The molecule has 0 radical (unpaired) electrons. The first-order valence-electron chi connectivity index (χ1n) is 6.65. The number of hydrogen-bond donors (Lipinski definition) is 3. The molecule has 2 rings (SSSR count). The average Bonchev–Trinajstić information content (AvgIpc) is 2.52. The van der Waals surface area contributed by atoms with Crippen LogP contribution in [-0.4, -0.2) is 10.9 Å². The lowest BCUT2D eigenvalue weighted by atomic mass is 10.2. The lowest BCUT2D eigenvalue weighted by Gasteiger charge is -2.07. The van der Waals surface area contributed by atoms with Gasteiger partial charge in [0.15, 0.2) is 0 Å². The molecule has 7 heteroatoms. The van der Waals surface area contributed by atoms with Crippen molar-refractivity contribution < 1.29 is 4.79 Å². The second-order valence-electron chi connectivity index (χ2n) is 4.70. The van der Waals surface area contributed by atoms with Crippen molar-refractivity contribution in [2.75, 3.05) is 16.4 Å². The molecular weight excluding hydrogens is 314 g/mol. The van der Waals surface area contributed by atoms with Crippen LogP contribution in [0.1, 0.15) is 5.69 Å². The van der Waals surface area contributed by atoms with Crippen LogP contribution in [0.15, 0.2) is 48.3 Å². The Labute approximate surface area is 138 Å². The molecule has 116 valence electrons. The predicted octanol–water partition coefficient (Wildman–Crippen LogP) is 3.08. The Hall–Kier alpha value is -3.04. The summed E-state index contributed by atoms with van der Waals surface area (Å²) in [5.74, 6) is -0.577. The Morgan fingerprint density at radius 1 is 1.39 bits per heavy atom. The molecule has 0 atom stereocenters. The number of hydrogen-bond acceptors (Lipinski definition) is 5. The van der Waals surface area contributed by atoms with Crippen molar-refractivity contribution in [1.82, 2.24) is 4.98 Å². The van der Waals surface area contributed by atoms with Crippen LogP contribution in [-0.2, 0) is 4.79 Å². The van der Waals surface area contributed by atoms with E-state index in [2.05, 4.69) is 15.6 Å². The maximum Gasteiger partial charge on any atom is 0.267 e. The van der Waals surface area contributed by atoms with Crippen molar-refractivity contribution in [2.45, 2.75) is 6.92 Å². The zero-order valence-corrected chi connectivity index (χ0v) is 13.1. The van der Waals surface area contributed by atoms with Crippen LogP contribution >= 0.6 is 11.6 Å². The first-order valence-corrected chi connectivity index (χ1v) is 7.03. The number of carbonyl (C=O) groups is 1. The molecule has 1 amide bonds. The van der Waals surface area contributed by atoms with E-state index in [4.69, 9.17) is 22.6 Å². The van der Waals surface area contributed by atoms with E-state index >= 15 is 0 Å². The maximum absolute atomic E-state index is 12.1. The number of carbonyl (C=O) groups excluding carboxylic acids is 1. The van der Waals surface area contributed by atoms with Gasteiger partial charge < -0.3 is 16.4 Å². The first-order chi connectivity index (χ1) is 11.0. The van der Waals surface area contributed by atoms with Gasteiger partial charge in [-0.05, 0) is 37.3 Å². The second-order valence-corrected chi connectivity index (χ2v) is 5.10. The minimum absolute atomic E-state index is 0.0986. The number of amides is 1. The molecule has 0 fully saturated rings. The molecule has 1 heterocycles. The molecule has 0 spiro atoms. The number of rotatable bonds is 4. The van der Waals surface area contributed by atoms with Gasteiger partial charge in [-0.25, -0.2) is 0 Å². The zero-order valence-electron chi connectivity index (χ0n) is 12.3. The van der Waals surface area contributed by atoms with E-state index in [1.807, 2.05) is 19.1 Å². The van der Waals surface area contributed by atoms with Crippen molar-refractivity contribution in [3.63, 3.8) is 0 Å². The molecule has 0 aliphatic rings. The van der Waals surface area contributed by atoms with Crippen LogP contribution in [0.4, 0.5) is 17.1 Å². The molecule has 4 N–H and O–H groups in total. The van der Waals surface area contributed by atoms with Gasteiger partial charge in [-0.3, -0.25) is 9.78 Å². The number of aryl methyl sites for hydroxylation is 1. The summed E-state index contributed by atoms with van der Waals surface area (Å²) in [6.07, 6.45) is 2.92. The highest BCUT2D eigenvalue weighted by atomic mass is 35.5. The maximum atomic E-state index is 12.1. The summed E-state index contributed by atoms with van der Waals surface area (Å²) in [7, 11) is 0. The number of pyridine rings is 1. The van der Waals surface area contributed by atoms with E-state index in [0.717, 1.165) is 5.69 Å². The van der Waals surface area contributed by atoms with Crippen LogP contribution < -0.4 is 16.4 Å². The van der Waals surface area contributed by atoms with E-state index in [0.29, 0.717) is 22.1 Å². The molecule has 23 heavy (non-hydrogen) atoms. The van der Waals surface area contributed by atoms with Crippen molar-refractivity contribution in [3.8, 4) is 6.07 Å². The Kier molecular flexibility index (Phi) is 5.18. The highest BCUT2D eigenvalue weighted by Crippen LogP contribution is 2.24. The zero-order chi connectivity index (χ0) is 16.8. The molecule has 0 saturated carbocycles. The van der Waals surface area contributed by atoms with Gasteiger partial charge in [0.05, 0.1) is 22.6 Å². The quantitative estimate of drug-likeness (QED) is 0.455. The van der Waals surface area contributed by atoms with Gasteiger partial charge in [-0.15, -0.1) is 0 Å². The van der Waals surface area contributed by atoms with Crippen molar-refractivity contribution >= 4 is 34.6 Å². The highest BCUT2D eigenvalue weighted by molar-refractivity contribution is 6.34. The van der Waals surface area contributed by atoms with Crippen molar-refractivity contribution in [1.29, 1.82) is 5.26 Å². The number of aromatic nitrogens is 1. The molecule has 1 aromatic carbocycles. The van der Waals surface area contributed by atoms with E-state index in [9.17, 15) is 4.79 Å². The molecule has 0 aliphatic heterocycles. The largest absolute Gasteiger partial charge is 0.399 e. The molecule has 1 aromatic heterocycles. The highest BCUT2D eigenvalue weighted by Gasteiger charge is 2.11. The summed E-state index contributed by atoms with van der Waals surface area (Å²) in [6.45, 7) is 1.87. The Balaban J connectivity index is 2.10. The number of nitrogen functional groups attached to an aromatic ring is 1. The minimum Gasteiger partial charge on any atom is -0.399 e. The van der Waals surface area contributed by atoms with Gasteiger partial charge in [0.1, 0.15) is 11.6 Å². The van der Waals surface area contributed by atoms with E-state index in [1.165, 1.54) is 12.3 Å². The fourth-order valence-corrected chi connectivity index (χ4v) is 1.92. The molecule has 6 nitrogen and oxygen atoms in total. The van der Waals surface area contributed by atoms with Crippen molar-refractivity contribution in [3.05, 3.63) is 59.0 Å². The topological polar surface area (TPSA) is 104 Å². The fraction of sp³-hybridized carbons (Fsp3) is 0.0625. The van der Waals surface area contributed by atoms with Gasteiger partial charge in [0, 0.05) is 17.6 Å². The summed E-state index contributed by atoms with van der Waals surface area (Å²) >= 11 is 5.99. The smallest absolute Gasteiger partial charge is 0.267 e. The first kappa shape index (κ1) is 16.3. The molecular formula is C16H14ClN5O. The summed E-state index contributed by atoms with van der Waals surface area (Å²) < 4.78 is 0. The van der Waals surface area contributed by atoms with Gasteiger partial charge >= 0.3 is 0 Å². The third kappa shape index (κ3) is 4.46. The summed E-state index contributed by atoms with van der Waals surface area (Å²) in [4.78, 5) is 16.2. The number of nitrogens with zero attached hydrogens (tertiary/aromatic N) is 2. The minimum atomic E-state index is -0.577. The average molecular weight is 328 g/mol. The number of anilines is 3. The molecule has 0 saturated heterocycles. The van der Waals surface area contributed by atoms with Crippen LogP contribution in [0.25, 0.3) is 0 Å². The lowest BCUT2D eigenvalue weighted by Crippen LogP contribution is -2.15. The number of nitrogens with two attached hydrogens (primary N) is 1. The van der Waals surface area contributed by atoms with Gasteiger partial charge in [0.25, 0.3) is 5.91 Å².